The number of anilines is 1. The van der Waals surface area contributed by atoms with E-state index < -0.39 is 5.25 Å². The number of rotatable bonds is 4. The normalized spacial score (nSPS) is 18.0. The van der Waals surface area contributed by atoms with E-state index in [0.29, 0.717) is 4.32 Å². The molecular weight excluding hydrogens is 292 g/mol. The van der Waals surface area contributed by atoms with Crippen molar-refractivity contribution in [1.29, 1.82) is 0 Å². The lowest BCUT2D eigenvalue weighted by Gasteiger charge is -2.13. The number of benzene rings is 1. The van der Waals surface area contributed by atoms with Crippen molar-refractivity contribution in [3.63, 3.8) is 0 Å². The molecule has 20 heavy (non-hydrogen) atoms. The number of thiocarbonyl (C=S) groups is 1. The number of thioether (sulfide) groups is 1. The lowest BCUT2D eigenvalue weighted by Crippen LogP contribution is -2.27. The molecule has 0 aliphatic carbocycles. The molecule has 6 heteroatoms. The fourth-order valence-corrected chi connectivity index (χ4v) is 3.36. The van der Waals surface area contributed by atoms with Crippen LogP contribution in [-0.4, -0.2) is 21.4 Å². The molecule has 1 aliphatic heterocycles. The summed E-state index contributed by atoms with van der Waals surface area (Å²) >= 11 is 6.15. The van der Waals surface area contributed by atoms with Crippen LogP contribution in [0.4, 0.5) is 5.69 Å². The lowest BCUT2D eigenvalue weighted by molar-refractivity contribution is -0.122. The summed E-state index contributed by atoms with van der Waals surface area (Å²) in [5.74, 6) is -0.345. The number of carbonyl (C=O) groups excluding carboxylic acids is 2. The van der Waals surface area contributed by atoms with E-state index in [0.717, 1.165) is 23.2 Å². The third-order valence-corrected chi connectivity index (χ3v) is 4.51. The van der Waals surface area contributed by atoms with Gasteiger partial charge >= 0.3 is 0 Å². The van der Waals surface area contributed by atoms with Crippen molar-refractivity contribution in [3.8, 4) is 0 Å². The van der Waals surface area contributed by atoms with Crippen LogP contribution < -0.4 is 10.6 Å². The Labute approximate surface area is 127 Å². The summed E-state index contributed by atoms with van der Waals surface area (Å²) in [6.45, 7) is 4.00. The molecule has 1 aromatic rings. The van der Waals surface area contributed by atoms with Crippen LogP contribution in [0, 0.1) is 6.92 Å². The number of carbonyl (C=O) groups is 2. The molecule has 2 rings (SSSR count). The minimum atomic E-state index is -0.420. The molecule has 0 bridgehead atoms. The molecule has 1 heterocycles. The van der Waals surface area contributed by atoms with Crippen LogP contribution in [0.1, 0.15) is 24.5 Å². The second-order valence-corrected chi connectivity index (χ2v) is 6.48. The molecule has 1 fully saturated rings. The number of hydrogen-bond donors (Lipinski definition) is 2. The lowest BCUT2D eigenvalue weighted by atomic mass is 10.1. The summed E-state index contributed by atoms with van der Waals surface area (Å²) in [5, 5.41) is 5.04. The zero-order valence-corrected chi connectivity index (χ0v) is 13.0. The average molecular weight is 308 g/mol. The predicted molar refractivity (Wildman–Crippen MR) is 85.9 cm³/mol. The Kier molecular flexibility index (Phi) is 4.77. The largest absolute Gasteiger partial charge is 0.326 e. The smallest absolute Gasteiger partial charge is 0.239 e. The molecule has 1 atom stereocenters. The highest BCUT2D eigenvalue weighted by atomic mass is 32.2. The van der Waals surface area contributed by atoms with Gasteiger partial charge in [0.05, 0.1) is 5.25 Å². The summed E-state index contributed by atoms with van der Waals surface area (Å²) in [6, 6.07) is 5.93. The molecule has 0 spiro atoms. The average Bonchev–Trinajstić information content (AvgIpc) is 2.70. The molecule has 1 aliphatic rings. The van der Waals surface area contributed by atoms with Gasteiger partial charge in [-0.3, -0.25) is 9.59 Å². The van der Waals surface area contributed by atoms with Crippen LogP contribution >= 0.6 is 24.0 Å². The maximum atomic E-state index is 12.1. The van der Waals surface area contributed by atoms with Crippen LogP contribution in [-0.2, 0) is 16.0 Å². The topological polar surface area (TPSA) is 58.2 Å². The molecule has 0 saturated carbocycles. The van der Waals surface area contributed by atoms with Crippen molar-refractivity contribution in [2.75, 3.05) is 5.32 Å². The first-order valence-electron chi connectivity index (χ1n) is 6.41. The van der Waals surface area contributed by atoms with Crippen LogP contribution in [0.25, 0.3) is 0 Å². The van der Waals surface area contributed by atoms with Gasteiger partial charge in [0, 0.05) is 12.1 Å². The van der Waals surface area contributed by atoms with E-state index in [1.54, 1.807) is 0 Å². The highest BCUT2D eigenvalue weighted by Gasteiger charge is 2.31. The summed E-state index contributed by atoms with van der Waals surface area (Å²) in [4.78, 5) is 23.7. The third-order valence-electron chi connectivity index (χ3n) is 3.14. The zero-order chi connectivity index (χ0) is 14.7. The number of hydrogen-bond acceptors (Lipinski definition) is 4. The summed E-state index contributed by atoms with van der Waals surface area (Å²) in [6.07, 6.45) is 0.980. The van der Waals surface area contributed by atoms with Crippen molar-refractivity contribution < 1.29 is 9.59 Å². The van der Waals surface area contributed by atoms with Crippen LogP contribution in [0.2, 0.25) is 0 Å². The molecule has 4 nitrogen and oxygen atoms in total. The van der Waals surface area contributed by atoms with Crippen LogP contribution in [0.15, 0.2) is 18.2 Å². The monoisotopic (exact) mass is 308 g/mol. The highest BCUT2D eigenvalue weighted by Crippen LogP contribution is 2.25. The van der Waals surface area contributed by atoms with E-state index in [4.69, 9.17) is 12.2 Å². The van der Waals surface area contributed by atoms with Crippen molar-refractivity contribution in [2.24, 2.45) is 0 Å². The SMILES string of the molecule is CCc1cccc(C)c1NC(=O)CC1SC(=S)NC1=O. The van der Waals surface area contributed by atoms with Crippen LogP contribution in [0.5, 0.6) is 0 Å². The number of nitrogens with one attached hydrogen (secondary N) is 2. The first-order valence-corrected chi connectivity index (χ1v) is 7.70. The quantitative estimate of drug-likeness (QED) is 0.839. The van der Waals surface area contributed by atoms with E-state index in [1.807, 2.05) is 32.0 Å². The van der Waals surface area contributed by atoms with Gasteiger partial charge in [-0.25, -0.2) is 0 Å². The first-order chi connectivity index (χ1) is 9.51. The number of amides is 2. The Morgan fingerprint density at radius 3 is 2.85 bits per heavy atom. The Morgan fingerprint density at radius 2 is 2.25 bits per heavy atom. The van der Waals surface area contributed by atoms with Gasteiger partial charge in [-0.05, 0) is 24.5 Å². The van der Waals surface area contributed by atoms with Gasteiger partial charge in [-0.2, -0.15) is 0 Å². The zero-order valence-electron chi connectivity index (χ0n) is 11.4. The van der Waals surface area contributed by atoms with Gasteiger partial charge in [0.15, 0.2) is 0 Å². The molecule has 2 N–H and O–H groups in total. The molecule has 2 amide bonds. The third kappa shape index (κ3) is 3.37. The summed E-state index contributed by atoms with van der Waals surface area (Å²) < 4.78 is 0.443. The van der Waals surface area contributed by atoms with Gasteiger partial charge in [0.25, 0.3) is 0 Å². The standard InChI is InChI=1S/C14H16N2O2S2/c1-3-9-6-4-5-8(2)12(9)15-11(17)7-10-13(18)16-14(19)20-10/h4-6,10H,3,7H2,1-2H3,(H,15,17)(H,16,18,19). The molecule has 106 valence electrons. The van der Waals surface area contributed by atoms with Crippen molar-refractivity contribution in [1.82, 2.24) is 5.32 Å². The number of para-hydroxylation sites is 1. The molecule has 0 radical (unpaired) electrons. The van der Waals surface area contributed by atoms with E-state index >= 15 is 0 Å². The summed E-state index contributed by atoms with van der Waals surface area (Å²) in [7, 11) is 0. The Hall–Kier alpha value is -1.40. The second kappa shape index (κ2) is 6.37. The van der Waals surface area contributed by atoms with Crippen LogP contribution in [0.3, 0.4) is 0 Å². The first kappa shape index (κ1) is 15.0. The molecule has 1 aromatic carbocycles. The van der Waals surface area contributed by atoms with Crippen molar-refractivity contribution in [3.05, 3.63) is 29.3 Å². The van der Waals surface area contributed by atoms with E-state index in [1.165, 1.54) is 11.8 Å². The van der Waals surface area contributed by atoms with E-state index in [2.05, 4.69) is 10.6 Å². The highest BCUT2D eigenvalue weighted by molar-refractivity contribution is 8.24. The van der Waals surface area contributed by atoms with Gasteiger partial charge in [0.1, 0.15) is 4.32 Å². The Balaban J connectivity index is 2.05. The molecule has 1 saturated heterocycles. The second-order valence-electron chi connectivity index (χ2n) is 4.60. The van der Waals surface area contributed by atoms with Crippen molar-refractivity contribution >= 4 is 45.8 Å². The van der Waals surface area contributed by atoms with E-state index in [-0.39, 0.29) is 18.2 Å². The van der Waals surface area contributed by atoms with E-state index in [9.17, 15) is 9.59 Å². The van der Waals surface area contributed by atoms with Gasteiger partial charge in [-0.1, -0.05) is 49.1 Å². The maximum Gasteiger partial charge on any atom is 0.239 e. The Morgan fingerprint density at radius 1 is 1.50 bits per heavy atom. The Bertz CT molecular complexity index is 572. The minimum absolute atomic E-state index is 0.133. The fourth-order valence-electron chi connectivity index (χ4n) is 2.09. The van der Waals surface area contributed by atoms with Crippen molar-refractivity contribution in [2.45, 2.75) is 31.9 Å². The molecular formula is C14H16N2O2S2. The van der Waals surface area contributed by atoms with Gasteiger partial charge in [-0.15, -0.1) is 0 Å². The fraction of sp³-hybridized carbons (Fsp3) is 0.357. The minimum Gasteiger partial charge on any atom is -0.326 e. The molecule has 0 aromatic heterocycles. The molecule has 1 unspecified atom stereocenters. The van der Waals surface area contributed by atoms with Gasteiger partial charge in [0.2, 0.25) is 11.8 Å². The number of aryl methyl sites for hydroxylation is 2. The maximum absolute atomic E-state index is 12.1. The van der Waals surface area contributed by atoms with Gasteiger partial charge < -0.3 is 10.6 Å². The predicted octanol–water partition coefficient (Wildman–Crippen LogP) is 2.40. The summed E-state index contributed by atoms with van der Waals surface area (Å²) in [5.41, 5.74) is 2.97.